The molecule has 5 rings (SSSR count). The molecule has 4 aromatic rings. The number of nitrogens with one attached hydrogen (secondary N) is 2. The van der Waals surface area contributed by atoms with Crippen LogP contribution in [0.5, 0.6) is 0 Å². The van der Waals surface area contributed by atoms with E-state index in [9.17, 15) is 19.5 Å². The summed E-state index contributed by atoms with van der Waals surface area (Å²) < 4.78 is 0. The fraction of sp³-hybridized carbons (Fsp3) is 0.296. The lowest BCUT2D eigenvalue weighted by atomic mass is 10.0. The van der Waals surface area contributed by atoms with E-state index in [1.54, 1.807) is 18.6 Å². The Labute approximate surface area is 207 Å². The van der Waals surface area contributed by atoms with E-state index in [-0.39, 0.29) is 24.2 Å². The number of aromatic nitrogens is 2. The molecule has 2 aromatic carbocycles. The van der Waals surface area contributed by atoms with E-state index in [1.807, 2.05) is 55.1 Å². The highest BCUT2D eigenvalue weighted by Gasteiger charge is 2.36. The number of pyridine rings is 2. The van der Waals surface area contributed by atoms with Crippen molar-refractivity contribution in [2.24, 2.45) is 0 Å². The van der Waals surface area contributed by atoms with E-state index in [0.717, 1.165) is 34.9 Å². The zero-order chi connectivity index (χ0) is 25.4. The van der Waals surface area contributed by atoms with Gasteiger partial charge in [-0.2, -0.15) is 0 Å². The average molecular weight is 486 g/mol. The molecule has 0 radical (unpaired) electrons. The first-order chi connectivity index (χ1) is 17.3. The molecule has 3 N–H and O–H groups in total. The summed E-state index contributed by atoms with van der Waals surface area (Å²) in [6.45, 7) is 4.03. The molecule has 1 aliphatic heterocycles. The van der Waals surface area contributed by atoms with Crippen LogP contribution in [0.3, 0.4) is 0 Å². The molecule has 1 saturated heterocycles. The molecule has 184 valence electrons. The number of anilines is 4. The standard InChI is InChI=1S/C27H27N5O4/c1-15-3-4-16(2)32(15)23-22(24(33)25(23)34)31-21(27(35)36)13-17-5-7-19(8-6-17)30-26-20-10-11-28-14-18(20)9-12-29-26/h5-12,14-16,21,31H,3-4,13H2,1-2H3,(H,29,30)(H,35,36)/t15-,16?,21?/m0/s1. The van der Waals surface area contributed by atoms with Gasteiger partial charge >= 0.3 is 5.97 Å². The average Bonchev–Trinajstić information content (AvgIpc) is 3.21. The number of fused-ring (bicyclic) bond motifs is 1. The zero-order valence-electron chi connectivity index (χ0n) is 20.1. The van der Waals surface area contributed by atoms with Crippen molar-refractivity contribution in [2.75, 3.05) is 15.5 Å². The summed E-state index contributed by atoms with van der Waals surface area (Å²) in [5.74, 6) is -0.391. The van der Waals surface area contributed by atoms with Crippen molar-refractivity contribution in [2.45, 2.75) is 51.2 Å². The normalized spacial score (nSPS) is 18.4. The minimum Gasteiger partial charge on any atom is -0.480 e. The van der Waals surface area contributed by atoms with E-state index in [0.29, 0.717) is 11.5 Å². The smallest absolute Gasteiger partial charge is 0.326 e. The SMILES string of the molecule is CC1CC[C@H](C)N1c1c(NC(Cc2ccc(Nc3nccc4cnccc34)cc2)C(=O)O)c(=O)c1=O. The molecule has 0 saturated carbocycles. The third-order valence-corrected chi connectivity index (χ3v) is 6.93. The number of benzene rings is 1. The lowest BCUT2D eigenvalue weighted by molar-refractivity contribution is -0.137. The Hall–Kier alpha value is -4.27. The second-order valence-electron chi connectivity index (χ2n) is 9.38. The molecule has 36 heavy (non-hydrogen) atoms. The van der Waals surface area contributed by atoms with Gasteiger partial charge in [0.25, 0.3) is 10.9 Å². The first-order valence-electron chi connectivity index (χ1n) is 12.0. The molecule has 1 aliphatic rings. The third kappa shape index (κ3) is 4.28. The number of carbonyl (C=O) groups is 1. The van der Waals surface area contributed by atoms with Gasteiger partial charge in [0.15, 0.2) is 0 Å². The van der Waals surface area contributed by atoms with Crippen molar-refractivity contribution < 1.29 is 9.90 Å². The van der Waals surface area contributed by atoms with Crippen LogP contribution < -0.4 is 26.4 Å². The number of hydrogen-bond acceptors (Lipinski definition) is 8. The Bertz CT molecular complexity index is 1480. The molecule has 3 heterocycles. The summed E-state index contributed by atoms with van der Waals surface area (Å²) in [5.41, 5.74) is 0.815. The van der Waals surface area contributed by atoms with Gasteiger partial charge < -0.3 is 20.6 Å². The van der Waals surface area contributed by atoms with Crippen LogP contribution in [0.25, 0.3) is 10.8 Å². The molecule has 3 atom stereocenters. The van der Waals surface area contributed by atoms with Gasteiger partial charge in [-0.05, 0) is 56.5 Å². The van der Waals surface area contributed by atoms with Gasteiger partial charge in [-0.25, -0.2) is 9.78 Å². The number of hydrogen-bond donors (Lipinski definition) is 3. The molecule has 1 fully saturated rings. The number of nitrogens with zero attached hydrogens (tertiary/aromatic N) is 3. The molecule has 9 heteroatoms. The minimum absolute atomic E-state index is 0.114. The summed E-state index contributed by atoms with van der Waals surface area (Å²) in [6.07, 6.45) is 7.20. The molecular weight excluding hydrogens is 458 g/mol. The number of carboxylic acids is 1. The monoisotopic (exact) mass is 485 g/mol. The third-order valence-electron chi connectivity index (χ3n) is 6.93. The van der Waals surface area contributed by atoms with Crippen LogP contribution in [0.4, 0.5) is 22.9 Å². The maximum atomic E-state index is 12.4. The molecule has 0 bridgehead atoms. The van der Waals surface area contributed by atoms with Crippen molar-refractivity contribution in [1.29, 1.82) is 0 Å². The van der Waals surface area contributed by atoms with E-state index >= 15 is 0 Å². The Kier molecular flexibility index (Phi) is 6.13. The summed E-state index contributed by atoms with van der Waals surface area (Å²) in [7, 11) is 0. The fourth-order valence-corrected chi connectivity index (χ4v) is 4.98. The molecule has 2 unspecified atom stereocenters. The van der Waals surface area contributed by atoms with Crippen molar-refractivity contribution in [3.63, 3.8) is 0 Å². The van der Waals surface area contributed by atoms with Crippen molar-refractivity contribution >= 4 is 39.6 Å². The van der Waals surface area contributed by atoms with Gasteiger partial charge in [0.2, 0.25) is 0 Å². The number of aliphatic carboxylic acids is 1. The topological polar surface area (TPSA) is 125 Å². The van der Waals surface area contributed by atoms with Crippen molar-refractivity contribution in [3.05, 3.63) is 81.0 Å². The van der Waals surface area contributed by atoms with Crippen LogP contribution in [-0.4, -0.2) is 39.2 Å². The highest BCUT2D eigenvalue weighted by atomic mass is 16.4. The Morgan fingerprint density at radius 3 is 2.47 bits per heavy atom. The van der Waals surface area contributed by atoms with Crippen molar-refractivity contribution in [3.8, 4) is 0 Å². The predicted octanol–water partition coefficient (Wildman–Crippen LogP) is 3.45. The highest BCUT2D eigenvalue weighted by Crippen LogP contribution is 2.33. The van der Waals surface area contributed by atoms with Gasteiger partial charge in [-0.3, -0.25) is 14.6 Å². The summed E-state index contributed by atoms with van der Waals surface area (Å²) in [6, 6.07) is 10.4. The first kappa shape index (κ1) is 23.5. The minimum atomic E-state index is -1.09. The Morgan fingerprint density at radius 1 is 1.06 bits per heavy atom. The maximum absolute atomic E-state index is 12.4. The van der Waals surface area contributed by atoms with Gasteiger partial charge in [0.05, 0.1) is 0 Å². The fourth-order valence-electron chi connectivity index (χ4n) is 4.98. The molecule has 2 aromatic heterocycles. The molecule has 0 aliphatic carbocycles. The largest absolute Gasteiger partial charge is 0.480 e. The second kappa shape index (κ2) is 9.41. The van der Waals surface area contributed by atoms with Crippen LogP contribution in [0.1, 0.15) is 32.3 Å². The van der Waals surface area contributed by atoms with Crippen LogP contribution in [-0.2, 0) is 11.2 Å². The van der Waals surface area contributed by atoms with Crippen LogP contribution >= 0.6 is 0 Å². The Balaban J connectivity index is 1.32. The molecule has 0 amide bonds. The highest BCUT2D eigenvalue weighted by molar-refractivity contribution is 5.92. The van der Waals surface area contributed by atoms with Crippen LogP contribution in [0.2, 0.25) is 0 Å². The van der Waals surface area contributed by atoms with E-state index in [1.165, 1.54) is 0 Å². The summed E-state index contributed by atoms with van der Waals surface area (Å²) in [5, 5.41) is 17.9. The zero-order valence-corrected chi connectivity index (χ0v) is 20.1. The Morgan fingerprint density at radius 2 is 1.78 bits per heavy atom. The van der Waals surface area contributed by atoms with Crippen molar-refractivity contribution in [1.82, 2.24) is 9.97 Å². The summed E-state index contributed by atoms with van der Waals surface area (Å²) in [4.78, 5) is 47.3. The quantitative estimate of drug-likeness (QED) is 0.322. The number of carboxylic acid groups (broad SMARTS) is 1. The van der Waals surface area contributed by atoms with E-state index in [4.69, 9.17) is 0 Å². The molecular formula is C27H27N5O4. The summed E-state index contributed by atoms with van der Waals surface area (Å²) >= 11 is 0. The second-order valence-corrected chi connectivity index (χ2v) is 9.38. The first-order valence-corrected chi connectivity index (χ1v) is 12.0. The van der Waals surface area contributed by atoms with Crippen LogP contribution in [0, 0.1) is 0 Å². The lowest BCUT2D eigenvalue weighted by Gasteiger charge is -2.32. The van der Waals surface area contributed by atoms with Gasteiger partial charge in [-0.1, -0.05) is 12.1 Å². The maximum Gasteiger partial charge on any atom is 0.326 e. The van der Waals surface area contributed by atoms with E-state index in [2.05, 4.69) is 20.6 Å². The lowest BCUT2D eigenvalue weighted by Crippen LogP contribution is -2.48. The van der Waals surface area contributed by atoms with Gasteiger partial charge in [0, 0.05) is 53.6 Å². The van der Waals surface area contributed by atoms with Gasteiger partial charge in [-0.15, -0.1) is 0 Å². The van der Waals surface area contributed by atoms with Crippen LogP contribution in [0.15, 0.2) is 64.6 Å². The van der Waals surface area contributed by atoms with E-state index < -0.39 is 22.9 Å². The molecule has 0 spiro atoms. The predicted molar refractivity (Wildman–Crippen MR) is 140 cm³/mol. The number of rotatable bonds is 8. The van der Waals surface area contributed by atoms with Gasteiger partial charge in [0.1, 0.15) is 23.2 Å². The molecule has 9 nitrogen and oxygen atoms in total.